The second-order valence-corrected chi connectivity index (χ2v) is 11.5. The fourth-order valence-electron chi connectivity index (χ4n) is 4.05. The smallest absolute Gasteiger partial charge is 0.261 e. The molecule has 1 heterocycles. The first-order valence-electron chi connectivity index (χ1n) is 10.1. The fourth-order valence-corrected chi connectivity index (χ4v) is 6.57. The predicted octanol–water partition coefficient (Wildman–Crippen LogP) is 3.38. The van der Waals surface area contributed by atoms with Crippen molar-refractivity contribution in [2.75, 3.05) is 18.4 Å². The summed E-state index contributed by atoms with van der Waals surface area (Å²) in [7, 11) is -5.77. The van der Waals surface area contributed by atoms with Gasteiger partial charge in [0.2, 0.25) is 10.0 Å². The Kier molecular flexibility index (Phi) is 5.78. The lowest BCUT2D eigenvalue weighted by Crippen LogP contribution is -2.38. The predicted molar refractivity (Wildman–Crippen MR) is 115 cm³/mol. The van der Waals surface area contributed by atoms with Gasteiger partial charge in [0.05, 0.1) is 16.4 Å². The van der Waals surface area contributed by atoms with Crippen molar-refractivity contribution in [3.05, 3.63) is 48.0 Å². The molecule has 0 saturated heterocycles. The molecule has 9 heteroatoms. The Labute approximate surface area is 178 Å². The van der Waals surface area contributed by atoms with E-state index in [9.17, 15) is 16.8 Å². The van der Waals surface area contributed by atoms with Gasteiger partial charge >= 0.3 is 0 Å². The largest absolute Gasteiger partial charge is 0.493 e. The summed E-state index contributed by atoms with van der Waals surface area (Å²) in [4.78, 5) is 0.314. The van der Waals surface area contributed by atoms with Crippen molar-refractivity contribution in [3.8, 4) is 5.75 Å². The van der Waals surface area contributed by atoms with Gasteiger partial charge in [-0.2, -0.15) is 4.31 Å². The molecule has 2 aromatic rings. The Balaban J connectivity index is 1.50. The van der Waals surface area contributed by atoms with Gasteiger partial charge in [0.15, 0.2) is 0 Å². The van der Waals surface area contributed by atoms with Crippen molar-refractivity contribution in [3.63, 3.8) is 0 Å². The molecule has 0 unspecified atom stereocenters. The lowest BCUT2D eigenvalue weighted by Gasteiger charge is -2.30. The zero-order valence-corrected chi connectivity index (χ0v) is 18.5. The highest BCUT2D eigenvalue weighted by atomic mass is 32.2. The van der Waals surface area contributed by atoms with Crippen LogP contribution in [-0.2, 0) is 26.5 Å². The molecule has 1 fully saturated rings. The Hall–Kier alpha value is -2.10. The van der Waals surface area contributed by atoms with Crippen LogP contribution in [0.2, 0.25) is 0 Å². The van der Waals surface area contributed by atoms with Gasteiger partial charge in [0.1, 0.15) is 5.75 Å². The summed E-state index contributed by atoms with van der Waals surface area (Å²) in [6, 6.07) is 10.7. The summed E-state index contributed by atoms with van der Waals surface area (Å²) in [6.45, 7) is 0.553. The third-order valence-corrected chi connectivity index (χ3v) is 9.15. The van der Waals surface area contributed by atoms with Crippen molar-refractivity contribution >= 4 is 25.7 Å². The minimum atomic E-state index is -3.78. The number of ether oxygens (including phenoxy) is 1. The van der Waals surface area contributed by atoms with Crippen LogP contribution >= 0.6 is 0 Å². The molecule has 0 aromatic heterocycles. The van der Waals surface area contributed by atoms with E-state index in [2.05, 4.69) is 4.72 Å². The standard InChI is InChI=1S/C21H26N2O5S2/c1-23(18-5-3-2-4-6-18)30(26,27)19-9-7-17(8-10-19)22-29(24,25)20-11-12-21-16(15-20)13-14-28-21/h7-12,15,18,22H,2-6,13-14H2,1H3. The first kappa shape index (κ1) is 21.1. The van der Waals surface area contributed by atoms with Gasteiger partial charge in [0, 0.05) is 25.2 Å². The maximum atomic E-state index is 12.9. The number of nitrogens with zero attached hydrogens (tertiary/aromatic N) is 1. The number of rotatable bonds is 6. The molecular weight excluding hydrogens is 424 g/mol. The molecular formula is C21H26N2O5S2. The molecule has 1 N–H and O–H groups in total. The van der Waals surface area contributed by atoms with Crippen LogP contribution < -0.4 is 9.46 Å². The maximum Gasteiger partial charge on any atom is 0.261 e. The molecule has 2 aliphatic rings. The highest BCUT2D eigenvalue weighted by molar-refractivity contribution is 7.92. The molecule has 0 atom stereocenters. The summed E-state index contributed by atoms with van der Waals surface area (Å²) in [6.07, 6.45) is 5.66. The van der Waals surface area contributed by atoms with Gasteiger partial charge < -0.3 is 4.74 Å². The Morgan fingerprint density at radius 2 is 1.60 bits per heavy atom. The number of hydrogen-bond acceptors (Lipinski definition) is 5. The van der Waals surface area contributed by atoms with Gasteiger partial charge in [-0.1, -0.05) is 19.3 Å². The summed E-state index contributed by atoms with van der Waals surface area (Å²) < 4.78 is 60.7. The minimum Gasteiger partial charge on any atom is -0.493 e. The monoisotopic (exact) mass is 450 g/mol. The van der Waals surface area contributed by atoms with Crippen LogP contribution in [0.3, 0.4) is 0 Å². The lowest BCUT2D eigenvalue weighted by molar-refractivity contribution is 0.286. The van der Waals surface area contributed by atoms with Gasteiger partial charge in [-0.15, -0.1) is 0 Å². The minimum absolute atomic E-state index is 0.0192. The molecule has 4 rings (SSSR count). The van der Waals surface area contributed by atoms with Crippen molar-refractivity contribution in [2.24, 2.45) is 0 Å². The summed E-state index contributed by atoms with van der Waals surface area (Å²) in [5.74, 6) is 0.714. The molecule has 30 heavy (non-hydrogen) atoms. The fraction of sp³-hybridized carbons (Fsp3) is 0.429. The summed E-state index contributed by atoms with van der Waals surface area (Å²) >= 11 is 0. The van der Waals surface area contributed by atoms with Crippen molar-refractivity contribution < 1.29 is 21.6 Å². The van der Waals surface area contributed by atoms with Crippen LogP contribution in [-0.4, -0.2) is 40.8 Å². The van der Waals surface area contributed by atoms with Gasteiger partial charge in [-0.25, -0.2) is 16.8 Å². The van der Waals surface area contributed by atoms with E-state index in [0.717, 1.165) is 37.7 Å². The number of nitrogens with one attached hydrogen (secondary N) is 1. The van der Waals surface area contributed by atoms with E-state index in [4.69, 9.17) is 4.74 Å². The molecule has 1 aliphatic carbocycles. The quantitative estimate of drug-likeness (QED) is 0.728. The van der Waals surface area contributed by atoms with E-state index in [1.165, 1.54) is 34.6 Å². The van der Waals surface area contributed by atoms with E-state index >= 15 is 0 Å². The molecule has 1 saturated carbocycles. The van der Waals surface area contributed by atoms with Gasteiger partial charge in [0.25, 0.3) is 10.0 Å². The molecule has 0 radical (unpaired) electrons. The van der Waals surface area contributed by atoms with E-state index < -0.39 is 20.0 Å². The average molecular weight is 451 g/mol. The SMILES string of the molecule is CN(C1CCCCC1)S(=O)(=O)c1ccc(NS(=O)(=O)c2ccc3c(c2)CCO3)cc1. The number of benzene rings is 2. The number of sulfonamides is 2. The highest BCUT2D eigenvalue weighted by Crippen LogP contribution is 2.29. The van der Waals surface area contributed by atoms with Crippen molar-refractivity contribution in [1.29, 1.82) is 0 Å². The zero-order valence-electron chi connectivity index (χ0n) is 16.9. The van der Waals surface area contributed by atoms with Crippen molar-refractivity contribution in [2.45, 2.75) is 54.4 Å². The van der Waals surface area contributed by atoms with Gasteiger partial charge in [-0.05, 0) is 60.9 Å². The molecule has 162 valence electrons. The molecule has 0 amide bonds. The van der Waals surface area contributed by atoms with Crippen LogP contribution in [0.4, 0.5) is 5.69 Å². The van der Waals surface area contributed by atoms with Crippen LogP contribution in [0.1, 0.15) is 37.7 Å². The summed E-state index contributed by atoms with van der Waals surface area (Å²) in [5.41, 5.74) is 1.18. The molecule has 1 aliphatic heterocycles. The Bertz CT molecular complexity index is 1120. The lowest BCUT2D eigenvalue weighted by atomic mass is 9.96. The third-order valence-electron chi connectivity index (χ3n) is 5.84. The number of fused-ring (bicyclic) bond motifs is 1. The van der Waals surface area contributed by atoms with Crippen LogP contribution in [0.15, 0.2) is 52.3 Å². The van der Waals surface area contributed by atoms with Gasteiger partial charge in [-0.3, -0.25) is 4.72 Å². The first-order chi connectivity index (χ1) is 14.3. The van der Waals surface area contributed by atoms with Crippen LogP contribution in [0, 0.1) is 0 Å². The molecule has 7 nitrogen and oxygen atoms in total. The number of anilines is 1. The zero-order chi connectivity index (χ0) is 21.4. The average Bonchev–Trinajstić information content (AvgIpc) is 3.22. The Morgan fingerprint density at radius 1 is 0.933 bits per heavy atom. The second-order valence-electron chi connectivity index (χ2n) is 7.81. The summed E-state index contributed by atoms with van der Waals surface area (Å²) in [5, 5.41) is 0. The van der Waals surface area contributed by atoms with E-state index in [1.807, 2.05) is 0 Å². The Morgan fingerprint density at radius 3 is 2.30 bits per heavy atom. The normalized spacial score (nSPS) is 17.5. The molecule has 0 spiro atoms. The van der Waals surface area contributed by atoms with E-state index in [-0.39, 0.29) is 15.8 Å². The van der Waals surface area contributed by atoms with Crippen LogP contribution in [0.25, 0.3) is 0 Å². The first-order valence-corrected chi connectivity index (χ1v) is 13.1. The highest BCUT2D eigenvalue weighted by Gasteiger charge is 2.29. The topological polar surface area (TPSA) is 92.8 Å². The van der Waals surface area contributed by atoms with E-state index in [0.29, 0.717) is 24.5 Å². The van der Waals surface area contributed by atoms with E-state index in [1.54, 1.807) is 19.2 Å². The molecule has 0 bridgehead atoms. The maximum absolute atomic E-state index is 12.9. The number of hydrogen-bond donors (Lipinski definition) is 1. The van der Waals surface area contributed by atoms with Crippen molar-refractivity contribution in [1.82, 2.24) is 4.31 Å². The third kappa shape index (κ3) is 4.19. The molecule has 2 aromatic carbocycles. The van der Waals surface area contributed by atoms with Crippen LogP contribution in [0.5, 0.6) is 5.75 Å². The second kappa shape index (κ2) is 8.20.